The molecule has 0 atom stereocenters. The first-order valence-electron chi connectivity index (χ1n) is 5.73. The third-order valence-electron chi connectivity index (χ3n) is 1.82. The topological polar surface area (TPSA) is 30.0 Å². The molecular weight excluding hydrogens is 354 g/mol. The third kappa shape index (κ3) is 14.5. The van der Waals surface area contributed by atoms with Crippen molar-refractivity contribution < 1.29 is 6.90 Å². The second-order valence-corrected chi connectivity index (χ2v) is 3.23. The van der Waals surface area contributed by atoms with E-state index in [4.69, 9.17) is 0 Å². The van der Waals surface area contributed by atoms with E-state index in [-0.39, 0.29) is 31.3 Å². The molecule has 0 aromatic heterocycles. The van der Waals surface area contributed by atoms with Gasteiger partial charge >= 0.3 is 0 Å². The van der Waals surface area contributed by atoms with Gasteiger partial charge in [0.15, 0.2) is 0 Å². The first-order valence-corrected chi connectivity index (χ1v) is 5.73. The predicted octanol–water partition coefficient (Wildman–Crippen LogP) is 4.15. The SMILES string of the molecule is [HH].[OH-].[Sb].[c]1ccccc1.[c]1ccccc1.[c]1ccccc1. The van der Waals surface area contributed by atoms with Crippen LogP contribution in [0.5, 0.6) is 0 Å². The average molecular weight is 372 g/mol. The fourth-order valence-electron chi connectivity index (χ4n) is 1.03. The molecule has 3 rings (SSSR count). The van der Waals surface area contributed by atoms with Crippen LogP contribution in [-0.4, -0.2) is 29.9 Å². The summed E-state index contributed by atoms with van der Waals surface area (Å²) in [4.78, 5) is 0. The van der Waals surface area contributed by atoms with Crippen molar-refractivity contribution in [3.63, 3.8) is 0 Å². The maximum Gasteiger partial charge on any atom is 0 e. The van der Waals surface area contributed by atoms with Crippen molar-refractivity contribution in [2.45, 2.75) is 0 Å². The van der Waals surface area contributed by atoms with Crippen molar-refractivity contribution in [1.29, 1.82) is 0 Å². The second-order valence-electron chi connectivity index (χ2n) is 3.23. The molecule has 20 heavy (non-hydrogen) atoms. The Labute approximate surface area is 140 Å². The molecule has 6 radical (unpaired) electrons. The first kappa shape index (κ1) is 20.7. The van der Waals surface area contributed by atoms with Crippen LogP contribution in [0.2, 0.25) is 0 Å². The maximum atomic E-state index is 2.89. The Bertz CT molecular complexity index is 308. The molecule has 0 spiro atoms. The van der Waals surface area contributed by atoms with Gasteiger partial charge in [-0.25, -0.2) is 0 Å². The van der Waals surface area contributed by atoms with Gasteiger partial charge in [-0.3, -0.25) is 0 Å². The van der Waals surface area contributed by atoms with Crippen molar-refractivity contribution in [2.75, 3.05) is 0 Å². The summed E-state index contributed by atoms with van der Waals surface area (Å²) in [5, 5.41) is 0. The van der Waals surface area contributed by atoms with Gasteiger partial charge in [-0.2, -0.15) is 0 Å². The molecule has 0 bridgehead atoms. The van der Waals surface area contributed by atoms with Crippen molar-refractivity contribution in [2.24, 2.45) is 0 Å². The largest absolute Gasteiger partial charge is 0.870 e. The van der Waals surface area contributed by atoms with E-state index in [0.717, 1.165) is 0 Å². The van der Waals surface area contributed by atoms with E-state index in [9.17, 15) is 0 Å². The van der Waals surface area contributed by atoms with Crippen LogP contribution in [0.4, 0.5) is 0 Å². The predicted molar refractivity (Wildman–Crippen MR) is 85.6 cm³/mol. The molecule has 3 aromatic rings. The van der Waals surface area contributed by atoms with Crippen LogP contribution < -0.4 is 0 Å². The summed E-state index contributed by atoms with van der Waals surface area (Å²) in [6, 6.07) is 37.5. The Kier molecular flexibility index (Phi) is 18.1. The summed E-state index contributed by atoms with van der Waals surface area (Å²) in [5.74, 6) is 0. The van der Waals surface area contributed by atoms with Gasteiger partial charge in [0.05, 0.1) is 0 Å². The number of benzene rings is 3. The molecule has 0 saturated heterocycles. The standard InChI is InChI=1S/3C6H5.H2O.Sb.H2/c3*1-2-4-6-5-3-1;;;/h3*1-5H;1H2;;1H/p-1. The molecule has 3 aromatic carbocycles. The first-order chi connectivity index (χ1) is 9.00. The Balaban J connectivity index is -0.000000216. The van der Waals surface area contributed by atoms with E-state index in [0.29, 0.717) is 0 Å². The number of hydrogen-bond acceptors (Lipinski definition) is 1. The average Bonchev–Trinajstić information content (AvgIpc) is 2.54. The van der Waals surface area contributed by atoms with E-state index in [1.165, 1.54) is 0 Å². The normalized spacial score (nSPS) is 7.20. The van der Waals surface area contributed by atoms with Gasteiger partial charge in [-0.1, -0.05) is 91.0 Å². The number of rotatable bonds is 0. The van der Waals surface area contributed by atoms with Crippen LogP contribution in [0.25, 0.3) is 0 Å². The Morgan fingerprint density at radius 3 is 0.650 bits per heavy atom. The second kappa shape index (κ2) is 17.4. The number of hydrogen-bond donors (Lipinski definition) is 0. The van der Waals surface area contributed by atoms with E-state index < -0.39 is 0 Å². The van der Waals surface area contributed by atoms with Crippen LogP contribution in [0, 0.1) is 18.2 Å². The van der Waals surface area contributed by atoms with Crippen molar-refractivity contribution in [3.05, 3.63) is 109 Å². The van der Waals surface area contributed by atoms with Gasteiger partial charge in [0.25, 0.3) is 0 Å². The molecule has 0 saturated carbocycles. The molecule has 1 nitrogen and oxygen atoms in total. The molecular formula is C18H18OSb-. The molecule has 0 fully saturated rings. The Hall–Kier alpha value is -1.56. The molecule has 0 aliphatic carbocycles. The molecule has 0 aliphatic rings. The van der Waals surface area contributed by atoms with Gasteiger partial charge in [0.1, 0.15) is 0 Å². The molecule has 0 amide bonds. The quantitative estimate of drug-likeness (QED) is 0.546. The fourth-order valence-corrected chi connectivity index (χ4v) is 1.03. The molecule has 0 unspecified atom stereocenters. The van der Waals surface area contributed by atoms with Crippen LogP contribution in [-0.2, 0) is 0 Å². The van der Waals surface area contributed by atoms with Crippen molar-refractivity contribution in [1.82, 2.24) is 0 Å². The van der Waals surface area contributed by atoms with Crippen molar-refractivity contribution >= 4 is 24.4 Å². The van der Waals surface area contributed by atoms with Crippen LogP contribution in [0.3, 0.4) is 0 Å². The Morgan fingerprint density at radius 1 is 0.400 bits per heavy atom. The van der Waals surface area contributed by atoms with Gasteiger partial charge in [-0.15, -0.1) is 0 Å². The van der Waals surface area contributed by atoms with Crippen LogP contribution >= 0.6 is 0 Å². The molecule has 1 N–H and O–H groups in total. The summed E-state index contributed by atoms with van der Waals surface area (Å²) in [5.41, 5.74) is 0. The summed E-state index contributed by atoms with van der Waals surface area (Å²) < 4.78 is 0. The van der Waals surface area contributed by atoms with E-state index in [1.807, 2.05) is 91.0 Å². The van der Waals surface area contributed by atoms with Crippen LogP contribution in [0.15, 0.2) is 91.0 Å². The summed E-state index contributed by atoms with van der Waals surface area (Å²) in [6.07, 6.45) is 0. The molecule has 0 aliphatic heterocycles. The minimum atomic E-state index is 0. The summed E-state index contributed by atoms with van der Waals surface area (Å²) in [6.45, 7) is 0. The monoisotopic (exact) mass is 371 g/mol. The van der Waals surface area contributed by atoms with Crippen LogP contribution in [0.1, 0.15) is 1.43 Å². The van der Waals surface area contributed by atoms with E-state index in [1.54, 1.807) is 0 Å². The minimum absolute atomic E-state index is 0. The van der Waals surface area contributed by atoms with Gasteiger partial charge in [-0.05, 0) is 18.2 Å². The zero-order chi connectivity index (χ0) is 12.7. The minimum Gasteiger partial charge on any atom is -0.870 e. The zero-order valence-corrected chi connectivity index (χ0v) is 13.6. The summed E-state index contributed by atoms with van der Waals surface area (Å²) >= 11 is 0. The van der Waals surface area contributed by atoms with E-state index in [2.05, 4.69) is 18.2 Å². The molecule has 2 heteroatoms. The maximum absolute atomic E-state index is 2.89. The van der Waals surface area contributed by atoms with Gasteiger partial charge < -0.3 is 5.48 Å². The molecule has 102 valence electrons. The Morgan fingerprint density at radius 2 is 0.600 bits per heavy atom. The fraction of sp³-hybridized carbons (Fsp3) is 0. The van der Waals surface area contributed by atoms with E-state index >= 15 is 0 Å². The van der Waals surface area contributed by atoms with Gasteiger partial charge in [0.2, 0.25) is 0 Å². The molecule has 0 heterocycles. The summed E-state index contributed by atoms with van der Waals surface area (Å²) in [7, 11) is 0. The third-order valence-corrected chi connectivity index (χ3v) is 1.82. The van der Waals surface area contributed by atoms with Crippen molar-refractivity contribution in [3.8, 4) is 0 Å². The zero-order valence-electron chi connectivity index (χ0n) is 11.1. The smallest absolute Gasteiger partial charge is 0 e. The van der Waals surface area contributed by atoms with Gasteiger partial charge in [0, 0.05) is 25.9 Å².